The van der Waals surface area contributed by atoms with Gasteiger partial charge in [0.1, 0.15) is 10.8 Å². The van der Waals surface area contributed by atoms with E-state index in [1.807, 2.05) is 12.1 Å². The number of fused-ring (bicyclic) bond motifs is 1. The molecule has 0 spiro atoms. The summed E-state index contributed by atoms with van der Waals surface area (Å²) in [7, 11) is 4.37. The number of hydrogen-bond acceptors (Lipinski definition) is 6. The Labute approximate surface area is 217 Å². The van der Waals surface area contributed by atoms with Gasteiger partial charge in [0, 0.05) is 24.6 Å². The fourth-order valence-corrected chi connectivity index (χ4v) is 6.42. The van der Waals surface area contributed by atoms with Crippen molar-refractivity contribution in [1.29, 1.82) is 0 Å². The first-order chi connectivity index (χ1) is 17.6. The molecule has 1 atom stereocenters. The minimum Gasteiger partial charge on any atom is -0.493 e. The van der Waals surface area contributed by atoms with E-state index in [0.29, 0.717) is 30.3 Å². The zero-order valence-corrected chi connectivity index (χ0v) is 21.9. The Balaban J connectivity index is 1.05. The van der Waals surface area contributed by atoms with Gasteiger partial charge in [-0.2, -0.15) is 0 Å². The summed E-state index contributed by atoms with van der Waals surface area (Å²) in [6, 6.07) is 17.4. The molecular formula is C29H35N3O3S. The fraction of sp³-hybridized carbons (Fsp3) is 0.448. The molecule has 1 aliphatic carbocycles. The molecule has 1 unspecified atom stereocenters. The second kappa shape index (κ2) is 11.4. The van der Waals surface area contributed by atoms with E-state index in [4.69, 9.17) is 9.47 Å². The molecule has 3 aromatic rings. The van der Waals surface area contributed by atoms with Crippen LogP contribution in [0.3, 0.4) is 0 Å². The molecule has 0 saturated heterocycles. The molecule has 0 bridgehead atoms. The first-order valence-corrected chi connectivity index (χ1v) is 13.8. The van der Waals surface area contributed by atoms with Crippen molar-refractivity contribution in [2.75, 3.05) is 27.2 Å². The molecule has 0 radical (unpaired) electrons. The zero-order valence-electron chi connectivity index (χ0n) is 21.1. The van der Waals surface area contributed by atoms with Crippen molar-refractivity contribution in [3.8, 4) is 22.2 Å². The third kappa shape index (κ3) is 5.90. The molecule has 1 N–H and O–H groups in total. The van der Waals surface area contributed by atoms with Crippen LogP contribution < -0.4 is 14.8 Å². The molecule has 190 valence electrons. The number of nitrogens with one attached hydrogen (secondary N) is 1. The number of thiazole rings is 1. The summed E-state index contributed by atoms with van der Waals surface area (Å²) < 4.78 is 11.0. The summed E-state index contributed by atoms with van der Waals surface area (Å²) in [5.74, 6) is 2.62. The average molecular weight is 506 g/mol. The Bertz CT molecular complexity index is 1160. The van der Waals surface area contributed by atoms with E-state index in [1.165, 1.54) is 48.1 Å². The number of aromatic nitrogens is 1. The molecule has 1 amide bonds. The highest BCUT2D eigenvalue weighted by atomic mass is 32.1. The van der Waals surface area contributed by atoms with Crippen LogP contribution in [0, 0.1) is 11.8 Å². The number of carbonyl (C=O) groups is 1. The number of rotatable bonds is 8. The largest absolute Gasteiger partial charge is 0.493 e. The lowest BCUT2D eigenvalue weighted by molar-refractivity contribution is 0.145. The van der Waals surface area contributed by atoms with E-state index in [1.54, 1.807) is 5.38 Å². The van der Waals surface area contributed by atoms with Crippen LogP contribution in [0.25, 0.3) is 10.6 Å². The Kier molecular flexibility index (Phi) is 7.87. The smallest absolute Gasteiger partial charge is 0.413 e. The fourth-order valence-electron chi connectivity index (χ4n) is 5.70. The second-order valence-electron chi connectivity index (χ2n) is 10.1. The van der Waals surface area contributed by atoms with Crippen LogP contribution in [0.1, 0.15) is 49.3 Å². The molecule has 2 aliphatic rings. The summed E-state index contributed by atoms with van der Waals surface area (Å²) in [6.45, 7) is 1.36. The van der Waals surface area contributed by atoms with Gasteiger partial charge in [-0.3, -0.25) is 0 Å². The number of carbonyl (C=O) groups excluding carboxylic acids is 1. The van der Waals surface area contributed by atoms with Crippen LogP contribution in [-0.4, -0.2) is 43.2 Å². The minimum absolute atomic E-state index is 0.348. The maximum absolute atomic E-state index is 12.3. The molecular weight excluding hydrogens is 470 g/mol. The molecule has 2 heterocycles. The number of ether oxygens (including phenoxy) is 2. The Morgan fingerprint density at radius 3 is 2.75 bits per heavy atom. The highest BCUT2D eigenvalue weighted by Crippen LogP contribution is 2.40. The Morgan fingerprint density at radius 1 is 1.17 bits per heavy atom. The zero-order chi connectivity index (χ0) is 24.9. The molecule has 1 aromatic heterocycles. The van der Waals surface area contributed by atoms with Gasteiger partial charge in [-0.1, -0.05) is 43.2 Å². The van der Waals surface area contributed by atoms with E-state index in [0.717, 1.165) is 35.8 Å². The number of nitrogens with zero attached hydrogens (tertiary/aromatic N) is 2. The number of hydrogen-bond donors (Lipinski definition) is 1. The van der Waals surface area contributed by atoms with Crippen LogP contribution in [0.15, 0.2) is 53.9 Å². The third-order valence-corrected chi connectivity index (χ3v) is 8.34. The summed E-state index contributed by atoms with van der Waals surface area (Å²) in [6.07, 6.45) is 6.34. The molecule has 36 heavy (non-hydrogen) atoms. The van der Waals surface area contributed by atoms with Gasteiger partial charge in [-0.25, -0.2) is 9.78 Å². The summed E-state index contributed by atoms with van der Waals surface area (Å²) in [5, 5.41) is 5.55. The molecule has 7 heteroatoms. The summed E-state index contributed by atoms with van der Waals surface area (Å²) >= 11 is 1.48. The van der Waals surface area contributed by atoms with Gasteiger partial charge >= 0.3 is 6.09 Å². The third-order valence-electron chi connectivity index (χ3n) is 7.47. The first kappa shape index (κ1) is 24.8. The van der Waals surface area contributed by atoms with Gasteiger partial charge in [0.25, 0.3) is 0 Å². The van der Waals surface area contributed by atoms with E-state index in [9.17, 15) is 4.79 Å². The van der Waals surface area contributed by atoms with E-state index < -0.39 is 6.09 Å². The molecule has 6 nitrogen and oxygen atoms in total. The summed E-state index contributed by atoms with van der Waals surface area (Å²) in [4.78, 5) is 19.2. The maximum atomic E-state index is 12.3. The topological polar surface area (TPSA) is 63.7 Å². The quantitative estimate of drug-likeness (QED) is 0.387. The van der Waals surface area contributed by atoms with Crippen molar-refractivity contribution in [3.05, 3.63) is 65.0 Å². The summed E-state index contributed by atoms with van der Waals surface area (Å²) in [5.41, 5.74) is 3.64. The van der Waals surface area contributed by atoms with Gasteiger partial charge in [0.2, 0.25) is 5.88 Å². The predicted octanol–water partition coefficient (Wildman–Crippen LogP) is 6.33. The standard InChI is InChI=1S/C29H35N3O3S/c1-32(2)27(21-6-4-3-5-7-21)22-10-8-20(9-11-22)14-16-30-29(33)35-26-19-36-28(31-26)24-12-13-25-23(18-24)15-17-34-25/h3-7,12-13,18-20,22,27H,8-11,14-17H2,1-2H3,(H,30,33). The Morgan fingerprint density at radius 2 is 1.97 bits per heavy atom. The average Bonchev–Trinajstić information content (AvgIpc) is 3.55. The monoisotopic (exact) mass is 505 g/mol. The molecule has 2 aromatic carbocycles. The molecule has 5 rings (SSSR count). The van der Waals surface area contributed by atoms with E-state index in [2.05, 4.69) is 65.7 Å². The lowest BCUT2D eigenvalue weighted by Gasteiger charge is -2.37. The van der Waals surface area contributed by atoms with Crippen LogP contribution >= 0.6 is 11.3 Å². The number of benzene rings is 2. The number of amides is 1. The van der Waals surface area contributed by atoms with Crippen molar-refractivity contribution in [2.45, 2.75) is 44.6 Å². The Hall–Kier alpha value is -2.90. The van der Waals surface area contributed by atoms with Crippen molar-refractivity contribution in [1.82, 2.24) is 15.2 Å². The van der Waals surface area contributed by atoms with Gasteiger partial charge in [0.05, 0.1) is 12.0 Å². The van der Waals surface area contributed by atoms with Gasteiger partial charge in [-0.05, 0) is 74.5 Å². The predicted molar refractivity (Wildman–Crippen MR) is 144 cm³/mol. The van der Waals surface area contributed by atoms with Crippen LogP contribution in [-0.2, 0) is 6.42 Å². The van der Waals surface area contributed by atoms with Crippen molar-refractivity contribution in [2.24, 2.45) is 11.8 Å². The van der Waals surface area contributed by atoms with Crippen LogP contribution in [0.4, 0.5) is 4.79 Å². The lowest BCUT2D eigenvalue weighted by atomic mass is 9.75. The van der Waals surface area contributed by atoms with E-state index >= 15 is 0 Å². The SMILES string of the molecule is CN(C)C(c1ccccc1)C1CCC(CCNC(=O)Oc2csc(-c3ccc4c(c3)CCO4)n2)CC1. The van der Waals surface area contributed by atoms with Gasteiger partial charge < -0.3 is 19.7 Å². The molecule has 1 aliphatic heterocycles. The van der Waals surface area contributed by atoms with Crippen molar-refractivity contribution >= 4 is 17.4 Å². The minimum atomic E-state index is -0.431. The normalized spacial score (nSPS) is 20.0. The van der Waals surface area contributed by atoms with Crippen molar-refractivity contribution in [3.63, 3.8) is 0 Å². The van der Waals surface area contributed by atoms with E-state index in [-0.39, 0.29) is 0 Å². The highest BCUT2D eigenvalue weighted by molar-refractivity contribution is 7.13. The second-order valence-corrected chi connectivity index (χ2v) is 11.0. The van der Waals surface area contributed by atoms with Gasteiger partial charge in [-0.15, -0.1) is 11.3 Å². The maximum Gasteiger partial charge on any atom is 0.413 e. The lowest BCUT2D eigenvalue weighted by Crippen LogP contribution is -2.32. The van der Waals surface area contributed by atoms with Gasteiger partial charge in [0.15, 0.2) is 0 Å². The van der Waals surface area contributed by atoms with Crippen LogP contribution in [0.2, 0.25) is 0 Å². The first-order valence-electron chi connectivity index (χ1n) is 13.0. The van der Waals surface area contributed by atoms with Crippen molar-refractivity contribution < 1.29 is 14.3 Å². The molecule has 1 fully saturated rings. The molecule has 1 saturated carbocycles. The van der Waals surface area contributed by atoms with Crippen LogP contribution in [0.5, 0.6) is 11.6 Å². The highest BCUT2D eigenvalue weighted by Gasteiger charge is 2.29.